The van der Waals surface area contributed by atoms with E-state index in [0.717, 1.165) is 36.3 Å². The standard InChI is InChI=1S/C21H26N6O2/c1-14-6-7-17(16(3)11-14)23-18(28)13-27-21(29)26-10-8-22-19(20(26)24-27)25-9-4-5-15(2)12-25/h6-8,10-11,15H,4-5,9,12-13H2,1-3H3,(H,23,28)/t15-/m1/s1. The Bertz CT molecular complexity index is 1120. The number of nitrogens with one attached hydrogen (secondary N) is 1. The molecule has 1 fully saturated rings. The van der Waals surface area contributed by atoms with Crippen LogP contribution < -0.4 is 15.9 Å². The average Bonchev–Trinajstić information content (AvgIpc) is 3.00. The quantitative estimate of drug-likeness (QED) is 0.734. The van der Waals surface area contributed by atoms with Crippen LogP contribution in [0.2, 0.25) is 0 Å². The van der Waals surface area contributed by atoms with Crippen molar-refractivity contribution in [2.45, 2.75) is 40.2 Å². The molecule has 1 aliphatic heterocycles. The van der Waals surface area contributed by atoms with Crippen LogP contribution in [0.5, 0.6) is 0 Å². The van der Waals surface area contributed by atoms with Crippen molar-refractivity contribution in [2.24, 2.45) is 5.92 Å². The molecule has 4 rings (SSSR count). The maximum atomic E-state index is 12.8. The second-order valence-electron chi connectivity index (χ2n) is 7.94. The summed E-state index contributed by atoms with van der Waals surface area (Å²) in [5, 5.41) is 7.30. The van der Waals surface area contributed by atoms with Crippen molar-refractivity contribution in [1.82, 2.24) is 19.2 Å². The van der Waals surface area contributed by atoms with Gasteiger partial charge in [-0.25, -0.2) is 18.9 Å². The largest absolute Gasteiger partial charge is 0.353 e. The van der Waals surface area contributed by atoms with Crippen molar-refractivity contribution in [3.63, 3.8) is 0 Å². The Labute approximate surface area is 169 Å². The van der Waals surface area contributed by atoms with Gasteiger partial charge in [-0.2, -0.15) is 0 Å². The molecular formula is C21H26N6O2. The highest BCUT2D eigenvalue weighted by Gasteiger charge is 2.22. The number of fused-ring (bicyclic) bond motifs is 1. The molecule has 0 spiro atoms. The Balaban J connectivity index is 1.59. The lowest BCUT2D eigenvalue weighted by atomic mass is 10.0. The molecule has 3 heterocycles. The Morgan fingerprint density at radius 1 is 1.31 bits per heavy atom. The Morgan fingerprint density at radius 2 is 2.14 bits per heavy atom. The number of nitrogens with zero attached hydrogens (tertiary/aromatic N) is 5. The monoisotopic (exact) mass is 394 g/mol. The molecule has 8 nitrogen and oxygen atoms in total. The first-order valence-electron chi connectivity index (χ1n) is 9.98. The highest BCUT2D eigenvalue weighted by atomic mass is 16.2. The number of amides is 1. The predicted octanol–water partition coefficient (Wildman–Crippen LogP) is 2.38. The lowest BCUT2D eigenvalue weighted by molar-refractivity contribution is -0.117. The van der Waals surface area contributed by atoms with Crippen LogP contribution in [-0.2, 0) is 11.3 Å². The van der Waals surface area contributed by atoms with Gasteiger partial charge in [-0.05, 0) is 44.2 Å². The van der Waals surface area contributed by atoms with Crippen molar-refractivity contribution >= 4 is 23.1 Å². The van der Waals surface area contributed by atoms with E-state index in [9.17, 15) is 9.59 Å². The van der Waals surface area contributed by atoms with E-state index in [1.165, 1.54) is 15.5 Å². The summed E-state index contributed by atoms with van der Waals surface area (Å²) in [7, 11) is 0. The van der Waals surface area contributed by atoms with Gasteiger partial charge in [-0.1, -0.05) is 24.6 Å². The van der Waals surface area contributed by atoms with Crippen LogP contribution in [0.1, 0.15) is 30.9 Å². The molecule has 0 radical (unpaired) electrons. The molecule has 1 amide bonds. The normalized spacial score (nSPS) is 16.9. The molecule has 152 valence electrons. The Morgan fingerprint density at radius 3 is 2.90 bits per heavy atom. The average molecular weight is 394 g/mol. The highest BCUT2D eigenvalue weighted by molar-refractivity contribution is 5.91. The second kappa shape index (κ2) is 7.69. The summed E-state index contributed by atoms with van der Waals surface area (Å²) in [6.07, 6.45) is 5.50. The molecule has 29 heavy (non-hydrogen) atoms. The maximum Gasteiger partial charge on any atom is 0.350 e. The summed E-state index contributed by atoms with van der Waals surface area (Å²) in [6.45, 7) is 7.80. The molecule has 3 aromatic rings. The number of hydrogen-bond donors (Lipinski definition) is 1. The van der Waals surface area contributed by atoms with Gasteiger partial charge in [-0.15, -0.1) is 5.10 Å². The third-order valence-corrected chi connectivity index (χ3v) is 5.39. The van der Waals surface area contributed by atoms with E-state index in [2.05, 4.69) is 27.2 Å². The van der Waals surface area contributed by atoms with Crippen molar-refractivity contribution in [1.29, 1.82) is 0 Å². The van der Waals surface area contributed by atoms with E-state index in [1.54, 1.807) is 12.4 Å². The van der Waals surface area contributed by atoms with Gasteiger partial charge in [0.1, 0.15) is 6.54 Å². The number of carbonyl (C=O) groups excluding carboxylic acids is 1. The number of aryl methyl sites for hydroxylation is 2. The smallest absolute Gasteiger partial charge is 0.350 e. The number of benzene rings is 1. The summed E-state index contributed by atoms with van der Waals surface area (Å²) < 4.78 is 2.67. The van der Waals surface area contributed by atoms with Crippen LogP contribution in [-0.4, -0.2) is 38.2 Å². The molecule has 0 aliphatic carbocycles. The van der Waals surface area contributed by atoms with Crippen molar-refractivity contribution in [3.8, 4) is 0 Å². The first-order valence-corrected chi connectivity index (χ1v) is 9.98. The summed E-state index contributed by atoms with van der Waals surface area (Å²) in [5.74, 6) is 0.983. The third kappa shape index (κ3) is 3.87. The highest BCUT2D eigenvalue weighted by Crippen LogP contribution is 2.23. The number of aromatic nitrogens is 4. The van der Waals surface area contributed by atoms with Crippen LogP contribution in [0.25, 0.3) is 5.65 Å². The Kier molecular flexibility index (Phi) is 5.08. The molecule has 1 aromatic carbocycles. The van der Waals surface area contributed by atoms with Gasteiger partial charge in [0.05, 0.1) is 0 Å². The number of hydrogen-bond acceptors (Lipinski definition) is 5. The van der Waals surface area contributed by atoms with E-state index in [4.69, 9.17) is 0 Å². The summed E-state index contributed by atoms with van der Waals surface area (Å²) in [6, 6.07) is 5.82. The van der Waals surface area contributed by atoms with Gasteiger partial charge in [0.25, 0.3) is 0 Å². The Hall–Kier alpha value is -3.16. The zero-order valence-electron chi connectivity index (χ0n) is 17.1. The minimum absolute atomic E-state index is 0.149. The molecule has 1 aliphatic rings. The molecule has 0 bridgehead atoms. The van der Waals surface area contributed by atoms with E-state index in [1.807, 2.05) is 32.0 Å². The molecule has 2 aromatic heterocycles. The molecule has 1 saturated heterocycles. The second-order valence-corrected chi connectivity index (χ2v) is 7.94. The summed E-state index contributed by atoms with van der Waals surface area (Å²) in [4.78, 5) is 31.9. The first-order chi connectivity index (χ1) is 13.9. The van der Waals surface area contributed by atoms with Crippen molar-refractivity contribution in [2.75, 3.05) is 23.3 Å². The van der Waals surface area contributed by atoms with Gasteiger partial charge < -0.3 is 10.2 Å². The van der Waals surface area contributed by atoms with Crippen molar-refractivity contribution < 1.29 is 4.79 Å². The fraction of sp³-hybridized carbons (Fsp3) is 0.429. The van der Waals surface area contributed by atoms with Crippen LogP contribution in [0.15, 0.2) is 35.4 Å². The van der Waals surface area contributed by atoms with Gasteiger partial charge in [-0.3, -0.25) is 4.79 Å². The topological polar surface area (TPSA) is 84.5 Å². The van der Waals surface area contributed by atoms with Gasteiger partial charge in [0.15, 0.2) is 5.82 Å². The van der Waals surface area contributed by atoms with Gasteiger partial charge >= 0.3 is 5.69 Å². The molecule has 1 atom stereocenters. The SMILES string of the molecule is Cc1ccc(NC(=O)Cn2nc3c(N4CCC[C@@H](C)C4)nccn3c2=O)c(C)c1. The van der Waals surface area contributed by atoms with Crippen LogP contribution in [0.4, 0.5) is 11.5 Å². The number of rotatable bonds is 4. The summed E-state index contributed by atoms with van der Waals surface area (Å²) >= 11 is 0. The van der Waals surface area contributed by atoms with Crippen molar-refractivity contribution in [3.05, 3.63) is 52.2 Å². The predicted molar refractivity (Wildman–Crippen MR) is 112 cm³/mol. The van der Waals surface area contributed by atoms with E-state index < -0.39 is 0 Å². The fourth-order valence-corrected chi connectivity index (χ4v) is 3.92. The summed E-state index contributed by atoms with van der Waals surface area (Å²) in [5.41, 5.74) is 2.99. The number of piperidine rings is 1. The molecule has 1 N–H and O–H groups in total. The van der Waals surface area contributed by atoms with E-state index >= 15 is 0 Å². The number of anilines is 2. The third-order valence-electron chi connectivity index (χ3n) is 5.39. The van der Waals surface area contributed by atoms with Crippen LogP contribution in [0.3, 0.4) is 0 Å². The lowest BCUT2D eigenvalue weighted by Crippen LogP contribution is -2.35. The van der Waals surface area contributed by atoms with Crippen LogP contribution in [0, 0.1) is 19.8 Å². The molecule has 8 heteroatoms. The molecular weight excluding hydrogens is 368 g/mol. The maximum absolute atomic E-state index is 12.8. The fourth-order valence-electron chi connectivity index (χ4n) is 3.92. The van der Waals surface area contributed by atoms with Gasteiger partial charge in [0.2, 0.25) is 11.6 Å². The molecule has 0 unspecified atom stereocenters. The van der Waals surface area contributed by atoms with E-state index in [0.29, 0.717) is 17.4 Å². The first kappa shape index (κ1) is 19.2. The lowest BCUT2D eigenvalue weighted by Gasteiger charge is -2.31. The minimum atomic E-state index is -0.343. The molecule has 0 saturated carbocycles. The zero-order chi connectivity index (χ0) is 20.5. The number of carbonyl (C=O) groups is 1. The van der Waals surface area contributed by atoms with E-state index in [-0.39, 0.29) is 18.1 Å². The zero-order valence-corrected chi connectivity index (χ0v) is 17.1. The minimum Gasteiger partial charge on any atom is -0.353 e. The van der Waals surface area contributed by atoms with Gasteiger partial charge in [0, 0.05) is 31.2 Å². The van der Waals surface area contributed by atoms with Crippen LogP contribution >= 0.6 is 0 Å².